The second-order valence-corrected chi connectivity index (χ2v) is 5.53. The molecule has 0 spiro atoms. The van der Waals surface area contributed by atoms with Crippen LogP contribution in [0.5, 0.6) is 0 Å². The first-order valence-electron chi connectivity index (χ1n) is 6.49. The van der Waals surface area contributed by atoms with Crippen LogP contribution in [0.2, 0.25) is 0 Å². The third kappa shape index (κ3) is 5.53. The molecule has 0 saturated heterocycles. The van der Waals surface area contributed by atoms with Crippen molar-refractivity contribution in [1.29, 1.82) is 0 Å². The molecule has 1 rings (SSSR count). The molecule has 0 bridgehead atoms. The van der Waals surface area contributed by atoms with E-state index < -0.39 is 0 Å². The lowest BCUT2D eigenvalue weighted by molar-refractivity contribution is 0.167. The van der Waals surface area contributed by atoms with Gasteiger partial charge in [0.1, 0.15) is 0 Å². The lowest BCUT2D eigenvalue weighted by Crippen LogP contribution is -2.34. The van der Waals surface area contributed by atoms with E-state index in [9.17, 15) is 5.11 Å². The van der Waals surface area contributed by atoms with Crippen molar-refractivity contribution in [3.63, 3.8) is 0 Å². The van der Waals surface area contributed by atoms with Gasteiger partial charge in [-0.1, -0.05) is 19.8 Å². The number of aliphatic hydroxyl groups excluding tert-OH is 1. The van der Waals surface area contributed by atoms with E-state index >= 15 is 0 Å². The third-order valence-corrected chi connectivity index (χ3v) is 3.49. The van der Waals surface area contributed by atoms with E-state index in [1.54, 1.807) is 0 Å². The lowest BCUT2D eigenvalue weighted by atomic mass is 9.82. The Morgan fingerprint density at radius 1 is 1.33 bits per heavy atom. The van der Waals surface area contributed by atoms with E-state index in [1.807, 2.05) is 6.92 Å². The van der Waals surface area contributed by atoms with Crippen molar-refractivity contribution in [2.24, 2.45) is 11.8 Å². The number of nitrogens with one attached hydrogen (secondary N) is 1. The van der Waals surface area contributed by atoms with E-state index in [1.165, 1.54) is 25.7 Å². The van der Waals surface area contributed by atoms with Crippen LogP contribution in [0.1, 0.15) is 52.9 Å². The number of hydrogen-bond acceptors (Lipinski definition) is 2. The molecule has 1 fully saturated rings. The van der Waals surface area contributed by atoms with Crippen LogP contribution < -0.4 is 5.32 Å². The Kier molecular flexibility index (Phi) is 5.62. The van der Waals surface area contributed by atoms with Gasteiger partial charge in [0.2, 0.25) is 0 Å². The topological polar surface area (TPSA) is 32.3 Å². The van der Waals surface area contributed by atoms with Gasteiger partial charge in [0.15, 0.2) is 0 Å². The second-order valence-electron chi connectivity index (χ2n) is 5.53. The van der Waals surface area contributed by atoms with Gasteiger partial charge in [-0.2, -0.15) is 0 Å². The minimum atomic E-state index is -0.183. The normalized spacial score (nSPS) is 31.2. The van der Waals surface area contributed by atoms with E-state index in [0.717, 1.165) is 24.8 Å². The minimum absolute atomic E-state index is 0.183. The maximum Gasteiger partial charge on any atom is 0.0526 e. The monoisotopic (exact) mass is 213 g/mol. The zero-order valence-corrected chi connectivity index (χ0v) is 10.5. The molecule has 4 atom stereocenters. The van der Waals surface area contributed by atoms with Crippen molar-refractivity contribution in [2.75, 3.05) is 6.54 Å². The fourth-order valence-corrected chi connectivity index (χ4v) is 2.71. The molecule has 0 aromatic heterocycles. The van der Waals surface area contributed by atoms with E-state index in [0.29, 0.717) is 6.04 Å². The summed E-state index contributed by atoms with van der Waals surface area (Å²) >= 11 is 0. The largest absolute Gasteiger partial charge is 0.393 e. The van der Waals surface area contributed by atoms with E-state index in [-0.39, 0.29) is 6.10 Å². The molecule has 15 heavy (non-hydrogen) atoms. The van der Waals surface area contributed by atoms with Crippen LogP contribution in [0.4, 0.5) is 0 Å². The summed E-state index contributed by atoms with van der Waals surface area (Å²) in [5, 5.41) is 12.8. The Morgan fingerprint density at radius 2 is 2.07 bits per heavy atom. The minimum Gasteiger partial charge on any atom is -0.393 e. The van der Waals surface area contributed by atoms with E-state index in [4.69, 9.17) is 0 Å². The quantitative estimate of drug-likeness (QED) is 0.735. The lowest BCUT2D eigenvalue weighted by Gasteiger charge is -2.28. The van der Waals surface area contributed by atoms with Gasteiger partial charge in [-0.15, -0.1) is 0 Å². The zero-order valence-electron chi connectivity index (χ0n) is 10.5. The van der Waals surface area contributed by atoms with Crippen LogP contribution in [-0.4, -0.2) is 23.8 Å². The Balaban J connectivity index is 2.13. The van der Waals surface area contributed by atoms with Crippen molar-refractivity contribution < 1.29 is 5.11 Å². The van der Waals surface area contributed by atoms with Crippen molar-refractivity contribution in [2.45, 2.75) is 65.0 Å². The van der Waals surface area contributed by atoms with Gasteiger partial charge in [0.25, 0.3) is 0 Å². The van der Waals surface area contributed by atoms with Crippen LogP contribution in [0.3, 0.4) is 0 Å². The standard InChI is InChI=1S/C13H27NO/c1-10-5-4-6-13(7-10)9-14-11(2)8-12(3)15/h10-15H,4-9H2,1-3H3. The third-order valence-electron chi connectivity index (χ3n) is 3.49. The van der Waals surface area contributed by atoms with Crippen molar-refractivity contribution >= 4 is 0 Å². The first-order chi connectivity index (χ1) is 7.08. The van der Waals surface area contributed by atoms with Crippen molar-refractivity contribution in [1.82, 2.24) is 5.32 Å². The van der Waals surface area contributed by atoms with Crippen LogP contribution >= 0.6 is 0 Å². The predicted molar refractivity (Wildman–Crippen MR) is 64.9 cm³/mol. The summed E-state index contributed by atoms with van der Waals surface area (Å²) in [7, 11) is 0. The summed E-state index contributed by atoms with van der Waals surface area (Å²) < 4.78 is 0. The Morgan fingerprint density at radius 3 is 2.67 bits per heavy atom. The molecule has 4 unspecified atom stereocenters. The summed E-state index contributed by atoms with van der Waals surface area (Å²) in [4.78, 5) is 0. The van der Waals surface area contributed by atoms with Gasteiger partial charge < -0.3 is 10.4 Å². The highest BCUT2D eigenvalue weighted by atomic mass is 16.3. The fourth-order valence-electron chi connectivity index (χ4n) is 2.71. The van der Waals surface area contributed by atoms with Crippen LogP contribution in [0.15, 0.2) is 0 Å². The average Bonchev–Trinajstić information content (AvgIpc) is 2.14. The molecule has 0 aliphatic heterocycles. The summed E-state index contributed by atoms with van der Waals surface area (Å²) in [5.74, 6) is 1.78. The first-order valence-corrected chi connectivity index (χ1v) is 6.49. The van der Waals surface area contributed by atoms with Crippen LogP contribution in [-0.2, 0) is 0 Å². The highest BCUT2D eigenvalue weighted by molar-refractivity contribution is 4.74. The molecule has 90 valence electrons. The molecular weight excluding hydrogens is 186 g/mol. The van der Waals surface area contributed by atoms with Gasteiger partial charge in [0.05, 0.1) is 6.10 Å². The molecule has 2 N–H and O–H groups in total. The molecule has 1 saturated carbocycles. The zero-order chi connectivity index (χ0) is 11.3. The Hall–Kier alpha value is -0.0800. The summed E-state index contributed by atoms with van der Waals surface area (Å²) in [5.41, 5.74) is 0. The van der Waals surface area contributed by atoms with Gasteiger partial charge in [-0.25, -0.2) is 0 Å². The second kappa shape index (κ2) is 6.49. The van der Waals surface area contributed by atoms with Crippen molar-refractivity contribution in [3.8, 4) is 0 Å². The number of rotatable bonds is 5. The predicted octanol–water partition coefficient (Wildman–Crippen LogP) is 2.56. The van der Waals surface area contributed by atoms with Gasteiger partial charge >= 0.3 is 0 Å². The smallest absolute Gasteiger partial charge is 0.0526 e. The molecule has 1 aliphatic rings. The Labute approximate surface area is 94.5 Å². The van der Waals surface area contributed by atoms with Crippen molar-refractivity contribution in [3.05, 3.63) is 0 Å². The van der Waals surface area contributed by atoms with Gasteiger partial charge in [0, 0.05) is 6.04 Å². The molecule has 0 aromatic rings. The molecule has 2 heteroatoms. The molecule has 0 amide bonds. The van der Waals surface area contributed by atoms with E-state index in [2.05, 4.69) is 19.2 Å². The maximum absolute atomic E-state index is 9.26. The average molecular weight is 213 g/mol. The molecule has 1 aliphatic carbocycles. The summed E-state index contributed by atoms with van der Waals surface area (Å²) in [6, 6.07) is 0.447. The Bertz CT molecular complexity index is 170. The highest BCUT2D eigenvalue weighted by Gasteiger charge is 2.19. The molecule has 0 heterocycles. The highest BCUT2D eigenvalue weighted by Crippen LogP contribution is 2.27. The van der Waals surface area contributed by atoms with Crippen LogP contribution in [0, 0.1) is 11.8 Å². The summed E-state index contributed by atoms with van der Waals surface area (Å²) in [6.45, 7) is 7.53. The maximum atomic E-state index is 9.26. The molecular formula is C13H27NO. The molecule has 0 aromatic carbocycles. The number of aliphatic hydroxyl groups is 1. The molecule has 0 radical (unpaired) electrons. The molecule has 2 nitrogen and oxygen atoms in total. The SMILES string of the molecule is CC(O)CC(C)NCC1CCCC(C)C1. The summed E-state index contributed by atoms with van der Waals surface area (Å²) in [6.07, 6.45) is 6.27. The van der Waals surface area contributed by atoms with Gasteiger partial charge in [-0.05, 0) is 51.5 Å². The first kappa shape index (κ1) is 13.0. The van der Waals surface area contributed by atoms with Gasteiger partial charge in [-0.3, -0.25) is 0 Å². The number of hydrogen-bond donors (Lipinski definition) is 2. The fraction of sp³-hybridized carbons (Fsp3) is 1.00. The van der Waals surface area contributed by atoms with Crippen LogP contribution in [0.25, 0.3) is 0 Å².